The maximum Gasteiger partial charge on any atom is 0.363 e. The first-order valence-electron chi connectivity index (χ1n) is 7.52. The molecule has 0 saturated heterocycles. The third-order valence-corrected chi connectivity index (χ3v) is 3.59. The van der Waals surface area contributed by atoms with Crippen molar-refractivity contribution < 1.29 is 14.1 Å². The molecule has 0 fully saturated rings. The topological polar surface area (TPSA) is 29.3 Å². The Labute approximate surface area is 126 Å². The molecule has 1 aliphatic heterocycles. The maximum absolute atomic E-state index is 12.1. The Balaban J connectivity index is 2.06. The molecule has 0 radical (unpaired) electrons. The van der Waals surface area contributed by atoms with Crippen molar-refractivity contribution in [3.05, 3.63) is 42.7 Å². The molecule has 4 heteroatoms. The van der Waals surface area contributed by atoms with Gasteiger partial charge in [-0.3, -0.25) is 0 Å². The van der Waals surface area contributed by atoms with Crippen LogP contribution in [0, 0.1) is 0 Å². The molecule has 0 unspecified atom stereocenters. The van der Waals surface area contributed by atoms with Crippen LogP contribution in [0.3, 0.4) is 0 Å². The Morgan fingerprint density at radius 2 is 2.00 bits per heavy atom. The van der Waals surface area contributed by atoms with Crippen molar-refractivity contribution in [1.82, 2.24) is 4.48 Å². The van der Waals surface area contributed by atoms with Gasteiger partial charge in [0.2, 0.25) is 6.20 Å². The molecule has 1 aromatic rings. The number of hydrogen-bond donors (Lipinski definition) is 0. The van der Waals surface area contributed by atoms with Crippen LogP contribution in [0.1, 0.15) is 26.2 Å². The lowest BCUT2D eigenvalue weighted by Crippen LogP contribution is -2.46. The Morgan fingerprint density at radius 3 is 2.62 bits per heavy atom. The number of unbranched alkanes of at least 4 members (excludes halogenated alkanes) is 2. The van der Waals surface area contributed by atoms with Crippen molar-refractivity contribution in [2.45, 2.75) is 26.2 Å². The van der Waals surface area contributed by atoms with E-state index >= 15 is 0 Å². The predicted octanol–water partition coefficient (Wildman–Crippen LogP) is 2.88. The Bertz CT molecular complexity index is 537. The highest BCUT2D eigenvalue weighted by Crippen LogP contribution is 2.24. The lowest BCUT2D eigenvalue weighted by molar-refractivity contribution is -0.415. The van der Waals surface area contributed by atoms with Crippen molar-refractivity contribution in [3.63, 3.8) is 0 Å². The second-order valence-electron chi connectivity index (χ2n) is 5.43. The highest BCUT2D eigenvalue weighted by molar-refractivity contribution is 5.84. The fourth-order valence-electron chi connectivity index (χ4n) is 2.47. The van der Waals surface area contributed by atoms with Gasteiger partial charge in [0.15, 0.2) is 12.7 Å². The van der Waals surface area contributed by atoms with Gasteiger partial charge in [-0.1, -0.05) is 38.0 Å². The lowest BCUT2D eigenvalue weighted by Gasteiger charge is -2.22. The molecule has 0 N–H and O–H groups in total. The number of benzene rings is 1. The van der Waals surface area contributed by atoms with Crippen molar-refractivity contribution in [2.24, 2.45) is 0 Å². The smallest absolute Gasteiger partial charge is 0.363 e. The van der Waals surface area contributed by atoms with Crippen LogP contribution in [0.15, 0.2) is 42.7 Å². The van der Waals surface area contributed by atoms with Gasteiger partial charge in [-0.15, -0.1) is 0 Å². The summed E-state index contributed by atoms with van der Waals surface area (Å²) in [7, 11) is 1.96. The normalized spacial score (nSPS) is 20.4. The van der Waals surface area contributed by atoms with E-state index in [9.17, 15) is 4.79 Å². The lowest BCUT2D eigenvalue weighted by atomic mass is 10.2. The number of hydrogen-bond acceptors (Lipinski definition) is 2. The zero-order valence-corrected chi connectivity index (χ0v) is 12.9. The number of ether oxygens (including phenoxy) is 1. The number of para-hydroxylation sites is 1. The summed E-state index contributed by atoms with van der Waals surface area (Å²) in [6, 6.07) is 10.0. The van der Waals surface area contributed by atoms with E-state index in [4.69, 9.17) is 4.74 Å². The molecule has 0 aromatic heterocycles. The fourth-order valence-corrected chi connectivity index (χ4v) is 2.47. The largest absolute Gasteiger partial charge is 0.461 e. The number of carbonyl (C=O) groups is 1. The van der Waals surface area contributed by atoms with E-state index in [1.807, 2.05) is 60.7 Å². The highest BCUT2D eigenvalue weighted by atomic mass is 16.5. The molecule has 1 aliphatic rings. The first-order valence-corrected chi connectivity index (χ1v) is 7.52. The third kappa shape index (κ3) is 4.02. The summed E-state index contributed by atoms with van der Waals surface area (Å²) in [5.41, 5.74) is 1.06. The second-order valence-corrected chi connectivity index (χ2v) is 5.43. The highest BCUT2D eigenvalue weighted by Gasteiger charge is 2.38. The molecular weight excluding hydrogens is 264 g/mol. The summed E-state index contributed by atoms with van der Waals surface area (Å²) in [4.78, 5) is 12.1. The van der Waals surface area contributed by atoms with Crippen molar-refractivity contribution >= 4 is 18.0 Å². The molecule has 0 bridgehead atoms. The zero-order valence-electron chi connectivity index (χ0n) is 12.9. The van der Waals surface area contributed by atoms with Gasteiger partial charge < -0.3 is 4.74 Å². The number of quaternary nitrogens is 1. The number of nitrogens with zero attached hydrogens (tertiary/aromatic N) is 2. The molecule has 112 valence electrons. The molecule has 0 amide bonds. The summed E-state index contributed by atoms with van der Waals surface area (Å²) in [6.45, 7) is 2.94. The number of rotatable bonds is 7. The second kappa shape index (κ2) is 7.18. The summed E-state index contributed by atoms with van der Waals surface area (Å²) in [5.74, 6) is -0.161. The van der Waals surface area contributed by atoms with E-state index in [0.717, 1.165) is 24.9 Å². The van der Waals surface area contributed by atoms with Gasteiger partial charge in [0.05, 0.1) is 6.61 Å². The SMILES string of the molecule is CCCCCOC(=O)C[N@@+]1(c2ccccc2)C=C[N+](C)=C1. The monoisotopic (exact) mass is 288 g/mol. The Kier molecular flexibility index (Phi) is 5.28. The molecule has 0 aliphatic carbocycles. The predicted molar refractivity (Wildman–Crippen MR) is 85.0 cm³/mol. The summed E-state index contributed by atoms with van der Waals surface area (Å²) in [6.07, 6.45) is 9.17. The number of esters is 1. The van der Waals surface area contributed by atoms with Crippen molar-refractivity contribution in [2.75, 3.05) is 20.2 Å². The van der Waals surface area contributed by atoms with Gasteiger partial charge in [-0.25, -0.2) is 4.79 Å². The first kappa shape index (κ1) is 15.4. The molecule has 0 saturated carbocycles. The molecule has 0 spiro atoms. The van der Waals surface area contributed by atoms with Crippen LogP contribution >= 0.6 is 0 Å². The minimum Gasteiger partial charge on any atom is -0.461 e. The molecule has 1 heterocycles. The molecule has 2 rings (SSSR count). The average molecular weight is 288 g/mol. The van der Waals surface area contributed by atoms with E-state index in [1.165, 1.54) is 0 Å². The molecule has 21 heavy (non-hydrogen) atoms. The fraction of sp³-hybridized carbons (Fsp3) is 0.412. The van der Waals surface area contributed by atoms with Gasteiger partial charge in [0, 0.05) is 12.1 Å². The van der Waals surface area contributed by atoms with E-state index in [-0.39, 0.29) is 12.5 Å². The molecule has 1 atom stereocenters. The van der Waals surface area contributed by atoms with Gasteiger partial charge in [0.1, 0.15) is 12.7 Å². The van der Waals surface area contributed by atoms with Gasteiger partial charge in [-0.2, -0.15) is 9.06 Å². The average Bonchev–Trinajstić information content (AvgIpc) is 2.87. The Morgan fingerprint density at radius 1 is 1.24 bits per heavy atom. The van der Waals surface area contributed by atoms with Crippen LogP contribution in [0.4, 0.5) is 5.69 Å². The van der Waals surface area contributed by atoms with E-state index in [1.54, 1.807) is 0 Å². The molecular formula is C17H24N2O2+2. The van der Waals surface area contributed by atoms with Crippen LogP contribution in [0.5, 0.6) is 0 Å². The summed E-state index contributed by atoms with van der Waals surface area (Å²) in [5, 5.41) is 0. The summed E-state index contributed by atoms with van der Waals surface area (Å²) >= 11 is 0. The van der Waals surface area contributed by atoms with Crippen molar-refractivity contribution in [3.8, 4) is 0 Å². The van der Waals surface area contributed by atoms with Crippen LogP contribution in [0.25, 0.3) is 0 Å². The van der Waals surface area contributed by atoms with Gasteiger partial charge in [-0.05, 0) is 6.42 Å². The molecule has 4 nitrogen and oxygen atoms in total. The van der Waals surface area contributed by atoms with Crippen LogP contribution in [-0.4, -0.2) is 37.1 Å². The van der Waals surface area contributed by atoms with E-state index < -0.39 is 0 Å². The standard InChI is InChI=1S/C17H24N2O2/c1-3-4-8-13-21-17(20)14-19(12-11-18(2)15-19)16-9-6-5-7-10-16/h5-7,9-12,15H,3-4,8,13-14H2,1-2H3/q+2/t19-/m0/s1. The Hall–Kier alpha value is -1.94. The van der Waals surface area contributed by atoms with E-state index in [0.29, 0.717) is 11.1 Å². The number of carbonyl (C=O) groups excluding carboxylic acids is 1. The minimum atomic E-state index is -0.161. The van der Waals surface area contributed by atoms with Crippen LogP contribution in [0.2, 0.25) is 0 Å². The molecule has 1 aromatic carbocycles. The van der Waals surface area contributed by atoms with Crippen LogP contribution in [-0.2, 0) is 9.53 Å². The van der Waals surface area contributed by atoms with Crippen LogP contribution < -0.4 is 4.48 Å². The van der Waals surface area contributed by atoms with Crippen molar-refractivity contribution in [1.29, 1.82) is 0 Å². The summed E-state index contributed by atoms with van der Waals surface area (Å²) < 4.78 is 7.71. The maximum atomic E-state index is 12.1. The van der Waals surface area contributed by atoms with E-state index in [2.05, 4.69) is 6.92 Å². The van der Waals surface area contributed by atoms with Gasteiger partial charge >= 0.3 is 12.3 Å². The first-order chi connectivity index (χ1) is 10.2. The quantitative estimate of drug-likeness (QED) is 0.334. The zero-order chi connectivity index (χ0) is 15.1. The van der Waals surface area contributed by atoms with Gasteiger partial charge in [0.25, 0.3) is 0 Å². The third-order valence-electron chi connectivity index (χ3n) is 3.59. The minimum absolute atomic E-state index is 0.161.